The number of hydrogen-bond acceptors (Lipinski definition) is 5. The van der Waals surface area contributed by atoms with Gasteiger partial charge in [-0.15, -0.1) is 0 Å². The highest BCUT2D eigenvalue weighted by Gasteiger charge is 2.30. The van der Waals surface area contributed by atoms with Crippen molar-refractivity contribution >= 4 is 12.1 Å². The lowest BCUT2D eigenvalue weighted by Crippen LogP contribution is -2.33. The van der Waals surface area contributed by atoms with Gasteiger partial charge in [0.1, 0.15) is 5.60 Å². The summed E-state index contributed by atoms with van der Waals surface area (Å²) in [6.45, 7) is 6.22. The summed E-state index contributed by atoms with van der Waals surface area (Å²) < 4.78 is 10.4. The Kier molecular flexibility index (Phi) is 5.10. The van der Waals surface area contributed by atoms with E-state index in [-0.39, 0.29) is 0 Å². The standard InChI is InChI=1S/C22H22N2O4/c1-22(2,3)28-21(26)24-12-17-9-16(20(25)27-4)10-18(19(17)13-24)15-7-5-14(11-23)6-8-15/h5-10H,12-13H2,1-4H3. The average Bonchev–Trinajstić information content (AvgIpc) is 3.09. The average molecular weight is 378 g/mol. The van der Waals surface area contributed by atoms with Crippen LogP contribution in [0.2, 0.25) is 0 Å². The van der Waals surface area contributed by atoms with E-state index in [0.717, 1.165) is 22.3 Å². The van der Waals surface area contributed by atoms with Crippen molar-refractivity contribution < 1.29 is 19.1 Å². The molecule has 28 heavy (non-hydrogen) atoms. The van der Waals surface area contributed by atoms with Gasteiger partial charge in [0.25, 0.3) is 0 Å². The highest BCUT2D eigenvalue weighted by molar-refractivity contribution is 5.92. The minimum absolute atomic E-state index is 0.359. The van der Waals surface area contributed by atoms with Gasteiger partial charge >= 0.3 is 12.1 Å². The first kappa shape index (κ1) is 19.4. The van der Waals surface area contributed by atoms with Crippen molar-refractivity contribution in [2.24, 2.45) is 0 Å². The van der Waals surface area contributed by atoms with Gasteiger partial charge in [-0.25, -0.2) is 9.59 Å². The third kappa shape index (κ3) is 3.99. The molecule has 144 valence electrons. The van der Waals surface area contributed by atoms with E-state index in [9.17, 15) is 9.59 Å². The Balaban J connectivity index is 2.02. The number of rotatable bonds is 2. The molecule has 1 aliphatic rings. The van der Waals surface area contributed by atoms with Crippen molar-refractivity contribution in [3.63, 3.8) is 0 Å². The minimum atomic E-state index is -0.584. The summed E-state index contributed by atoms with van der Waals surface area (Å²) in [5.41, 5.74) is 3.95. The normalized spacial score (nSPS) is 12.9. The lowest BCUT2D eigenvalue weighted by molar-refractivity contribution is 0.0242. The molecule has 2 aromatic rings. The number of fused-ring (bicyclic) bond motifs is 1. The van der Waals surface area contributed by atoms with Crippen molar-refractivity contribution in [1.82, 2.24) is 4.90 Å². The van der Waals surface area contributed by atoms with Crippen molar-refractivity contribution in [1.29, 1.82) is 5.26 Å². The van der Waals surface area contributed by atoms with Gasteiger partial charge in [-0.1, -0.05) is 12.1 Å². The van der Waals surface area contributed by atoms with E-state index in [2.05, 4.69) is 6.07 Å². The zero-order chi connectivity index (χ0) is 20.5. The van der Waals surface area contributed by atoms with Crippen molar-refractivity contribution in [2.75, 3.05) is 7.11 Å². The van der Waals surface area contributed by atoms with Gasteiger partial charge in [-0.3, -0.25) is 4.90 Å². The predicted molar refractivity (Wildman–Crippen MR) is 103 cm³/mol. The van der Waals surface area contributed by atoms with Crippen LogP contribution in [0.3, 0.4) is 0 Å². The molecular formula is C22H22N2O4. The fourth-order valence-corrected chi connectivity index (χ4v) is 3.19. The number of hydrogen-bond donors (Lipinski definition) is 0. The van der Waals surface area contributed by atoms with Crippen LogP contribution < -0.4 is 0 Å². The lowest BCUT2D eigenvalue weighted by atomic mass is 9.94. The molecule has 1 amide bonds. The number of amides is 1. The molecule has 0 aliphatic carbocycles. The Morgan fingerprint density at radius 3 is 2.36 bits per heavy atom. The number of nitriles is 1. The molecule has 0 radical (unpaired) electrons. The minimum Gasteiger partial charge on any atom is -0.465 e. The predicted octanol–water partition coefficient (Wildman–Crippen LogP) is 4.26. The lowest BCUT2D eigenvalue weighted by Gasteiger charge is -2.24. The molecule has 3 rings (SSSR count). The van der Waals surface area contributed by atoms with E-state index in [1.165, 1.54) is 7.11 Å². The monoisotopic (exact) mass is 378 g/mol. The highest BCUT2D eigenvalue weighted by Crippen LogP contribution is 2.35. The second-order valence-electron chi connectivity index (χ2n) is 7.68. The van der Waals surface area contributed by atoms with Gasteiger partial charge in [0.2, 0.25) is 0 Å². The maximum atomic E-state index is 12.5. The van der Waals surface area contributed by atoms with Gasteiger partial charge in [-0.2, -0.15) is 5.26 Å². The number of benzene rings is 2. The quantitative estimate of drug-likeness (QED) is 0.730. The van der Waals surface area contributed by atoms with Gasteiger partial charge in [-0.05, 0) is 67.3 Å². The first-order valence-electron chi connectivity index (χ1n) is 8.94. The topological polar surface area (TPSA) is 79.6 Å². The fraction of sp³-hybridized carbons (Fsp3) is 0.318. The molecule has 0 saturated carbocycles. The summed E-state index contributed by atoms with van der Waals surface area (Å²) >= 11 is 0. The summed E-state index contributed by atoms with van der Waals surface area (Å²) in [6, 6.07) is 12.8. The number of methoxy groups -OCH3 is 1. The molecule has 1 heterocycles. The third-order valence-electron chi connectivity index (χ3n) is 4.45. The van der Waals surface area contributed by atoms with Crippen molar-refractivity contribution in [3.8, 4) is 17.2 Å². The van der Waals surface area contributed by atoms with Gasteiger partial charge < -0.3 is 9.47 Å². The van der Waals surface area contributed by atoms with E-state index in [1.807, 2.05) is 32.9 Å². The molecule has 0 aromatic heterocycles. The van der Waals surface area contributed by atoms with E-state index < -0.39 is 17.7 Å². The second kappa shape index (κ2) is 7.35. The molecule has 6 nitrogen and oxygen atoms in total. The maximum absolute atomic E-state index is 12.5. The number of nitrogens with zero attached hydrogens (tertiary/aromatic N) is 2. The SMILES string of the molecule is COC(=O)c1cc2c(c(-c3ccc(C#N)cc3)c1)CN(C(=O)OC(C)(C)C)C2. The van der Waals surface area contributed by atoms with Crippen LogP contribution in [-0.4, -0.2) is 29.7 Å². The summed E-state index contributed by atoms with van der Waals surface area (Å²) in [7, 11) is 1.34. The molecule has 0 unspecified atom stereocenters. The molecule has 0 bridgehead atoms. The van der Waals surface area contributed by atoms with Crippen LogP contribution in [0, 0.1) is 11.3 Å². The summed E-state index contributed by atoms with van der Waals surface area (Å²) in [5.74, 6) is -0.437. The number of ether oxygens (including phenoxy) is 2. The molecule has 0 atom stereocenters. The molecule has 1 aliphatic heterocycles. The maximum Gasteiger partial charge on any atom is 0.410 e. The largest absolute Gasteiger partial charge is 0.465 e. The van der Waals surface area contributed by atoms with E-state index >= 15 is 0 Å². The number of carbonyl (C=O) groups excluding carboxylic acids is 2. The molecule has 0 fully saturated rings. The van der Waals surface area contributed by atoms with E-state index in [1.54, 1.807) is 29.2 Å². The second-order valence-corrected chi connectivity index (χ2v) is 7.68. The molecular weight excluding hydrogens is 356 g/mol. The van der Waals surface area contributed by atoms with Crippen molar-refractivity contribution in [2.45, 2.75) is 39.5 Å². The zero-order valence-corrected chi connectivity index (χ0v) is 16.4. The van der Waals surface area contributed by atoms with Crippen LogP contribution in [-0.2, 0) is 22.6 Å². The van der Waals surface area contributed by atoms with Crippen LogP contribution >= 0.6 is 0 Å². The molecule has 0 saturated heterocycles. The van der Waals surface area contributed by atoms with Gasteiger partial charge in [0, 0.05) is 6.54 Å². The Hall–Kier alpha value is -3.33. The summed E-state index contributed by atoms with van der Waals surface area (Å²) in [4.78, 5) is 26.3. The van der Waals surface area contributed by atoms with E-state index in [4.69, 9.17) is 14.7 Å². The zero-order valence-electron chi connectivity index (χ0n) is 16.4. The molecule has 0 N–H and O–H groups in total. The van der Waals surface area contributed by atoms with Crippen LogP contribution in [0.25, 0.3) is 11.1 Å². The smallest absolute Gasteiger partial charge is 0.410 e. The van der Waals surface area contributed by atoms with Crippen LogP contribution in [0.5, 0.6) is 0 Å². The molecule has 6 heteroatoms. The molecule has 2 aromatic carbocycles. The van der Waals surface area contributed by atoms with Crippen LogP contribution in [0.4, 0.5) is 4.79 Å². The highest BCUT2D eigenvalue weighted by atomic mass is 16.6. The number of carbonyl (C=O) groups is 2. The fourth-order valence-electron chi connectivity index (χ4n) is 3.19. The van der Waals surface area contributed by atoms with Crippen LogP contribution in [0.1, 0.15) is 47.8 Å². The van der Waals surface area contributed by atoms with Crippen LogP contribution in [0.15, 0.2) is 36.4 Å². The number of esters is 1. The summed E-state index contributed by atoms with van der Waals surface area (Å²) in [5, 5.41) is 9.02. The Bertz CT molecular complexity index is 966. The molecule has 0 spiro atoms. The van der Waals surface area contributed by atoms with E-state index in [0.29, 0.717) is 24.2 Å². The Morgan fingerprint density at radius 2 is 1.79 bits per heavy atom. The first-order chi connectivity index (χ1) is 13.2. The van der Waals surface area contributed by atoms with Crippen molar-refractivity contribution in [3.05, 3.63) is 58.7 Å². The van der Waals surface area contributed by atoms with Gasteiger partial charge in [0.05, 0.1) is 30.9 Å². The first-order valence-corrected chi connectivity index (χ1v) is 8.94. The third-order valence-corrected chi connectivity index (χ3v) is 4.45. The summed E-state index contributed by atoms with van der Waals surface area (Å²) in [6.07, 6.45) is -0.394. The Morgan fingerprint density at radius 1 is 1.11 bits per heavy atom. The Labute approximate surface area is 164 Å². The van der Waals surface area contributed by atoms with Gasteiger partial charge in [0.15, 0.2) is 0 Å².